The van der Waals surface area contributed by atoms with E-state index in [9.17, 15) is 14.4 Å². The molecule has 0 aromatic carbocycles. The lowest BCUT2D eigenvalue weighted by molar-refractivity contribution is -0.126. The number of carbonyl (C=O) groups is 3. The van der Waals surface area contributed by atoms with Crippen LogP contribution in [0.4, 0.5) is 0 Å². The summed E-state index contributed by atoms with van der Waals surface area (Å²) in [4.78, 5) is 34.4. The van der Waals surface area contributed by atoms with E-state index in [-0.39, 0.29) is 30.2 Å². The van der Waals surface area contributed by atoms with E-state index in [2.05, 4.69) is 29.8 Å². The average molecular weight is 341 g/mol. The van der Waals surface area contributed by atoms with Gasteiger partial charge in [-0.25, -0.2) is 0 Å². The monoisotopic (exact) mass is 341 g/mol. The summed E-state index contributed by atoms with van der Waals surface area (Å²) >= 11 is 0. The maximum Gasteiger partial charge on any atom is 0.239 e. The van der Waals surface area contributed by atoms with Crippen LogP contribution >= 0.6 is 0 Å². The van der Waals surface area contributed by atoms with E-state index in [4.69, 9.17) is 0 Å². The summed E-state index contributed by atoms with van der Waals surface area (Å²) in [5.41, 5.74) is 0. The predicted octanol–water partition coefficient (Wildman–Crippen LogP) is 1.99. The molecule has 0 aromatic heterocycles. The number of carbonyl (C=O) groups excluding carboxylic acids is 3. The van der Waals surface area contributed by atoms with Crippen molar-refractivity contribution in [3.63, 3.8) is 0 Å². The molecule has 1 unspecified atom stereocenters. The normalized spacial score (nSPS) is 11.9. The van der Waals surface area contributed by atoms with Crippen LogP contribution in [0.3, 0.4) is 0 Å². The number of hydrogen-bond donors (Lipinski definition) is 3. The topological polar surface area (TPSA) is 87.3 Å². The highest BCUT2D eigenvalue weighted by Crippen LogP contribution is 2.14. The lowest BCUT2D eigenvalue weighted by Crippen LogP contribution is -2.37. The molecule has 0 radical (unpaired) electrons. The van der Waals surface area contributed by atoms with Crippen LogP contribution in [0.5, 0.6) is 0 Å². The first kappa shape index (κ1) is 22.4. The van der Waals surface area contributed by atoms with E-state index < -0.39 is 0 Å². The second-order valence-corrected chi connectivity index (χ2v) is 6.44. The fraction of sp³-hybridized carbons (Fsp3) is 0.833. The van der Waals surface area contributed by atoms with E-state index in [1.165, 1.54) is 0 Å². The Kier molecular flexibility index (Phi) is 12.9. The van der Waals surface area contributed by atoms with Crippen molar-refractivity contribution in [2.75, 3.05) is 19.6 Å². The Labute approximate surface area is 146 Å². The second-order valence-electron chi connectivity index (χ2n) is 6.44. The van der Waals surface area contributed by atoms with Crippen molar-refractivity contribution < 1.29 is 14.4 Å². The van der Waals surface area contributed by atoms with Crippen LogP contribution in [-0.4, -0.2) is 37.4 Å². The third-order valence-electron chi connectivity index (χ3n) is 4.07. The molecule has 0 heterocycles. The molecule has 0 rings (SSSR count). The van der Waals surface area contributed by atoms with Gasteiger partial charge in [-0.1, -0.05) is 40.5 Å². The number of rotatable bonds is 13. The van der Waals surface area contributed by atoms with Gasteiger partial charge in [-0.3, -0.25) is 14.4 Å². The smallest absolute Gasteiger partial charge is 0.239 e. The van der Waals surface area contributed by atoms with E-state index in [0.717, 1.165) is 38.6 Å². The van der Waals surface area contributed by atoms with E-state index in [1.807, 2.05) is 6.92 Å². The summed E-state index contributed by atoms with van der Waals surface area (Å²) in [5.74, 6) is 0.376. The summed E-state index contributed by atoms with van der Waals surface area (Å²) < 4.78 is 0. The molecular formula is C18H35N3O3. The molecule has 1 atom stereocenters. The van der Waals surface area contributed by atoms with Gasteiger partial charge in [0.15, 0.2) is 0 Å². The zero-order valence-electron chi connectivity index (χ0n) is 15.7. The molecule has 140 valence electrons. The fourth-order valence-electron chi connectivity index (χ4n) is 2.50. The third kappa shape index (κ3) is 11.0. The van der Waals surface area contributed by atoms with Crippen LogP contribution in [0, 0.1) is 11.8 Å². The predicted molar refractivity (Wildman–Crippen MR) is 96.4 cm³/mol. The number of amides is 3. The van der Waals surface area contributed by atoms with Gasteiger partial charge in [0.05, 0.1) is 6.54 Å². The molecule has 0 spiro atoms. The second kappa shape index (κ2) is 13.8. The van der Waals surface area contributed by atoms with E-state index in [0.29, 0.717) is 18.9 Å². The van der Waals surface area contributed by atoms with E-state index >= 15 is 0 Å². The van der Waals surface area contributed by atoms with Gasteiger partial charge < -0.3 is 16.0 Å². The van der Waals surface area contributed by atoms with E-state index in [1.54, 1.807) is 6.92 Å². The Hall–Kier alpha value is -1.59. The molecule has 0 saturated heterocycles. The summed E-state index contributed by atoms with van der Waals surface area (Å²) in [5, 5.41) is 8.33. The van der Waals surface area contributed by atoms with Crippen molar-refractivity contribution in [3.05, 3.63) is 0 Å². The molecule has 6 heteroatoms. The zero-order chi connectivity index (χ0) is 18.4. The van der Waals surface area contributed by atoms with Crippen LogP contribution in [0.15, 0.2) is 0 Å². The minimum atomic E-state index is -0.150. The van der Waals surface area contributed by atoms with Gasteiger partial charge in [0, 0.05) is 25.4 Å². The molecule has 3 N–H and O–H groups in total. The number of nitrogens with one attached hydrogen (secondary N) is 3. The van der Waals surface area contributed by atoms with Crippen LogP contribution in [0.2, 0.25) is 0 Å². The average Bonchev–Trinajstić information content (AvgIpc) is 2.55. The molecule has 0 aliphatic carbocycles. The van der Waals surface area contributed by atoms with Crippen LogP contribution in [0.25, 0.3) is 0 Å². The highest BCUT2D eigenvalue weighted by Gasteiger charge is 2.19. The Balaban J connectivity index is 3.53. The molecule has 0 aliphatic rings. The van der Waals surface area contributed by atoms with Gasteiger partial charge in [0.1, 0.15) is 0 Å². The van der Waals surface area contributed by atoms with Crippen molar-refractivity contribution in [3.8, 4) is 0 Å². The van der Waals surface area contributed by atoms with Gasteiger partial charge >= 0.3 is 0 Å². The molecule has 0 fully saturated rings. The van der Waals surface area contributed by atoms with Crippen LogP contribution in [0.1, 0.15) is 66.2 Å². The minimum absolute atomic E-state index is 0.0488. The summed E-state index contributed by atoms with van der Waals surface area (Å²) in [7, 11) is 0. The standard InChI is InChI=1S/C18H35N3O3/c1-5-15(14(3)4)18(24)20-12-10-8-7-9-11-19-17(23)13-21-16(22)6-2/h14-15H,5-13H2,1-4H3,(H,19,23)(H,20,24)(H,21,22). The molecule has 0 aromatic rings. The molecule has 0 aliphatic heterocycles. The summed E-state index contributed by atoms with van der Waals surface area (Å²) in [6, 6.07) is 0. The fourth-order valence-corrected chi connectivity index (χ4v) is 2.50. The number of unbranched alkanes of at least 4 members (excludes halogenated alkanes) is 3. The minimum Gasteiger partial charge on any atom is -0.356 e. The van der Waals surface area contributed by atoms with Crippen molar-refractivity contribution in [1.29, 1.82) is 0 Å². The maximum atomic E-state index is 12.0. The van der Waals surface area contributed by atoms with Crippen LogP contribution < -0.4 is 16.0 Å². The van der Waals surface area contributed by atoms with Gasteiger partial charge in [-0.05, 0) is 25.2 Å². The number of hydrogen-bond acceptors (Lipinski definition) is 3. The Bertz CT molecular complexity index is 384. The van der Waals surface area contributed by atoms with Crippen molar-refractivity contribution in [2.24, 2.45) is 11.8 Å². The maximum absolute atomic E-state index is 12.0. The zero-order valence-corrected chi connectivity index (χ0v) is 15.7. The first-order valence-corrected chi connectivity index (χ1v) is 9.23. The van der Waals surface area contributed by atoms with Gasteiger partial charge in [-0.15, -0.1) is 0 Å². The highest BCUT2D eigenvalue weighted by molar-refractivity contribution is 5.84. The van der Waals surface area contributed by atoms with Crippen molar-refractivity contribution >= 4 is 17.7 Å². The Morgan fingerprint density at radius 1 is 0.792 bits per heavy atom. The molecule has 0 saturated carbocycles. The largest absolute Gasteiger partial charge is 0.356 e. The third-order valence-corrected chi connectivity index (χ3v) is 4.07. The van der Waals surface area contributed by atoms with Gasteiger partial charge in [0.25, 0.3) is 0 Å². The highest BCUT2D eigenvalue weighted by atomic mass is 16.2. The lowest BCUT2D eigenvalue weighted by atomic mass is 9.92. The quantitative estimate of drug-likeness (QED) is 0.448. The summed E-state index contributed by atoms with van der Waals surface area (Å²) in [6.45, 7) is 9.35. The van der Waals surface area contributed by atoms with Crippen LogP contribution in [-0.2, 0) is 14.4 Å². The molecule has 6 nitrogen and oxygen atoms in total. The Morgan fingerprint density at radius 2 is 1.38 bits per heavy atom. The summed E-state index contributed by atoms with van der Waals surface area (Å²) in [6.07, 6.45) is 5.17. The first-order chi connectivity index (χ1) is 11.4. The molecule has 3 amide bonds. The first-order valence-electron chi connectivity index (χ1n) is 9.23. The SMILES string of the molecule is CCC(=O)NCC(=O)NCCCCCCNC(=O)C(CC)C(C)C. The van der Waals surface area contributed by atoms with Gasteiger partial charge in [-0.2, -0.15) is 0 Å². The van der Waals surface area contributed by atoms with Crippen molar-refractivity contribution in [1.82, 2.24) is 16.0 Å². The Morgan fingerprint density at radius 3 is 1.88 bits per heavy atom. The lowest BCUT2D eigenvalue weighted by Gasteiger charge is -2.18. The van der Waals surface area contributed by atoms with Gasteiger partial charge in [0.2, 0.25) is 17.7 Å². The molecule has 0 bridgehead atoms. The molecule has 24 heavy (non-hydrogen) atoms. The van der Waals surface area contributed by atoms with Crippen molar-refractivity contribution in [2.45, 2.75) is 66.2 Å². The molecular weight excluding hydrogens is 306 g/mol.